The summed E-state index contributed by atoms with van der Waals surface area (Å²) in [6.07, 6.45) is -5.03. The molecule has 1 saturated heterocycles. The maximum absolute atomic E-state index is 12.4. The van der Waals surface area contributed by atoms with Crippen molar-refractivity contribution in [2.45, 2.75) is 64.0 Å². The molecule has 0 bridgehead atoms. The molecule has 0 radical (unpaired) electrons. The summed E-state index contributed by atoms with van der Waals surface area (Å²) >= 11 is 0. The number of aliphatic hydroxyl groups excluding tert-OH is 4. The van der Waals surface area contributed by atoms with Gasteiger partial charge in [0.15, 0.2) is 12.1 Å². The Morgan fingerprint density at radius 2 is 1.91 bits per heavy atom. The van der Waals surface area contributed by atoms with Gasteiger partial charge in [-0.25, -0.2) is 0 Å². The van der Waals surface area contributed by atoms with Crippen LogP contribution in [-0.4, -0.2) is 69.6 Å². The summed E-state index contributed by atoms with van der Waals surface area (Å²) in [5.74, 6) is -0.0661. The molecule has 0 aromatic rings. The van der Waals surface area contributed by atoms with Crippen LogP contribution < -0.4 is 0 Å². The molecule has 7 unspecified atom stereocenters. The fourth-order valence-corrected chi connectivity index (χ4v) is 3.06. The zero-order valence-corrected chi connectivity index (χ0v) is 13.6. The smallest absolute Gasteiger partial charge is 0.187 e. The molecular formula is C16H26O7. The molecule has 132 valence electrons. The molecule has 0 amide bonds. The van der Waals surface area contributed by atoms with Crippen molar-refractivity contribution in [2.75, 3.05) is 6.61 Å². The first kappa shape index (κ1) is 18.5. The van der Waals surface area contributed by atoms with Gasteiger partial charge < -0.3 is 29.9 Å². The van der Waals surface area contributed by atoms with Crippen molar-refractivity contribution in [3.05, 3.63) is 11.6 Å². The van der Waals surface area contributed by atoms with Crippen molar-refractivity contribution in [1.82, 2.24) is 0 Å². The first-order valence-electron chi connectivity index (χ1n) is 7.94. The number of hydrogen-bond donors (Lipinski definition) is 4. The lowest BCUT2D eigenvalue weighted by Crippen LogP contribution is -2.60. The number of aliphatic hydroxyl groups is 4. The number of carbonyl (C=O) groups excluding carboxylic acids is 1. The van der Waals surface area contributed by atoms with Crippen LogP contribution in [0.3, 0.4) is 0 Å². The minimum atomic E-state index is -1.52. The zero-order valence-electron chi connectivity index (χ0n) is 13.6. The highest BCUT2D eigenvalue weighted by molar-refractivity contribution is 5.99. The summed E-state index contributed by atoms with van der Waals surface area (Å²) in [5, 5.41) is 38.9. The molecule has 7 heteroatoms. The number of ether oxygens (including phenoxy) is 2. The van der Waals surface area contributed by atoms with Crippen LogP contribution in [0.4, 0.5) is 0 Å². The predicted octanol–water partition coefficient (Wildman–Crippen LogP) is -0.637. The van der Waals surface area contributed by atoms with Crippen LogP contribution in [0.1, 0.15) is 27.2 Å². The Labute approximate surface area is 135 Å². The highest BCUT2D eigenvalue weighted by Gasteiger charge is 2.47. The van der Waals surface area contributed by atoms with E-state index in [0.29, 0.717) is 12.0 Å². The molecule has 23 heavy (non-hydrogen) atoms. The number of carbonyl (C=O) groups is 1. The van der Waals surface area contributed by atoms with E-state index < -0.39 is 43.4 Å². The van der Waals surface area contributed by atoms with Crippen LogP contribution in [0.15, 0.2) is 11.6 Å². The minimum absolute atomic E-state index is 0.0708. The van der Waals surface area contributed by atoms with E-state index >= 15 is 0 Å². The SMILES string of the molecule is CC1=CCC(C(C)C)C(OC2OC(CO)C(O)C(O)C2O)C1=O. The van der Waals surface area contributed by atoms with Crippen molar-refractivity contribution in [3.63, 3.8) is 0 Å². The largest absolute Gasteiger partial charge is 0.394 e. The molecule has 1 aliphatic heterocycles. The van der Waals surface area contributed by atoms with E-state index in [0.717, 1.165) is 0 Å². The molecule has 2 aliphatic rings. The third-order valence-electron chi connectivity index (χ3n) is 4.72. The fraction of sp³-hybridized carbons (Fsp3) is 0.812. The van der Waals surface area contributed by atoms with Gasteiger partial charge in [-0.3, -0.25) is 4.79 Å². The first-order valence-corrected chi connectivity index (χ1v) is 7.94. The van der Waals surface area contributed by atoms with Crippen LogP contribution in [-0.2, 0) is 14.3 Å². The maximum Gasteiger partial charge on any atom is 0.187 e. The Kier molecular flexibility index (Phi) is 5.94. The van der Waals surface area contributed by atoms with E-state index in [2.05, 4.69) is 0 Å². The van der Waals surface area contributed by atoms with Gasteiger partial charge >= 0.3 is 0 Å². The second-order valence-electron chi connectivity index (χ2n) is 6.65. The number of rotatable bonds is 4. The molecule has 0 spiro atoms. The van der Waals surface area contributed by atoms with E-state index in [9.17, 15) is 25.2 Å². The zero-order chi connectivity index (χ0) is 17.3. The van der Waals surface area contributed by atoms with E-state index in [4.69, 9.17) is 9.47 Å². The third-order valence-corrected chi connectivity index (χ3v) is 4.72. The Bertz CT molecular complexity index is 459. The summed E-state index contributed by atoms with van der Waals surface area (Å²) in [5.41, 5.74) is 0.594. The third kappa shape index (κ3) is 3.65. The van der Waals surface area contributed by atoms with Crippen LogP contribution in [0.5, 0.6) is 0 Å². The molecule has 1 fully saturated rings. The Balaban J connectivity index is 2.17. The second kappa shape index (κ2) is 7.38. The van der Waals surface area contributed by atoms with Crippen molar-refractivity contribution in [1.29, 1.82) is 0 Å². The molecule has 2 rings (SSSR count). The van der Waals surface area contributed by atoms with Crippen LogP contribution in [0.2, 0.25) is 0 Å². The quantitative estimate of drug-likeness (QED) is 0.542. The monoisotopic (exact) mass is 330 g/mol. The highest BCUT2D eigenvalue weighted by Crippen LogP contribution is 2.32. The topological polar surface area (TPSA) is 116 Å². The van der Waals surface area contributed by atoms with Crippen molar-refractivity contribution >= 4 is 5.78 Å². The number of hydrogen-bond acceptors (Lipinski definition) is 7. The number of allylic oxidation sites excluding steroid dienone is 1. The van der Waals surface area contributed by atoms with E-state index in [1.807, 2.05) is 19.9 Å². The molecular weight excluding hydrogens is 304 g/mol. The second-order valence-corrected chi connectivity index (χ2v) is 6.65. The Morgan fingerprint density at radius 1 is 1.26 bits per heavy atom. The van der Waals surface area contributed by atoms with Crippen molar-refractivity contribution in [2.24, 2.45) is 11.8 Å². The molecule has 0 saturated carbocycles. The number of ketones is 1. The molecule has 0 aromatic carbocycles. The Morgan fingerprint density at radius 3 is 2.48 bits per heavy atom. The van der Waals surface area contributed by atoms with Gasteiger partial charge in [0.25, 0.3) is 0 Å². The summed E-state index contributed by atoms with van der Waals surface area (Å²) in [7, 11) is 0. The van der Waals surface area contributed by atoms with Crippen LogP contribution in [0, 0.1) is 11.8 Å². The minimum Gasteiger partial charge on any atom is -0.394 e. The molecule has 4 N–H and O–H groups in total. The van der Waals surface area contributed by atoms with Crippen molar-refractivity contribution < 1.29 is 34.7 Å². The Hall–Kier alpha value is -0.830. The molecule has 1 aliphatic carbocycles. The van der Waals surface area contributed by atoms with Crippen LogP contribution >= 0.6 is 0 Å². The van der Waals surface area contributed by atoms with Gasteiger partial charge in [0.2, 0.25) is 0 Å². The van der Waals surface area contributed by atoms with E-state index in [-0.39, 0.29) is 17.6 Å². The standard InChI is InChI=1S/C16H26O7/c1-7(2)9-5-4-8(3)11(18)15(9)23-16-14(21)13(20)12(19)10(6-17)22-16/h4,7,9-10,12-17,19-21H,5-6H2,1-3H3. The van der Waals surface area contributed by atoms with E-state index in [1.165, 1.54) is 0 Å². The predicted molar refractivity (Wildman–Crippen MR) is 80.3 cm³/mol. The average Bonchev–Trinajstić information content (AvgIpc) is 2.51. The summed E-state index contributed by atoms with van der Waals surface area (Å²) < 4.78 is 11.0. The molecule has 0 aromatic heterocycles. The fourth-order valence-electron chi connectivity index (χ4n) is 3.06. The van der Waals surface area contributed by atoms with Crippen LogP contribution in [0.25, 0.3) is 0 Å². The van der Waals surface area contributed by atoms with E-state index in [1.54, 1.807) is 6.92 Å². The molecule has 7 atom stereocenters. The summed E-state index contributed by atoms with van der Waals surface area (Å²) in [4.78, 5) is 12.4. The van der Waals surface area contributed by atoms with Gasteiger partial charge in [0, 0.05) is 0 Å². The van der Waals surface area contributed by atoms with Gasteiger partial charge in [-0.05, 0) is 30.8 Å². The lowest BCUT2D eigenvalue weighted by atomic mass is 9.79. The first-order chi connectivity index (χ1) is 10.8. The van der Waals surface area contributed by atoms with Gasteiger partial charge in [-0.15, -0.1) is 0 Å². The number of Topliss-reactive ketones (excluding diaryl/α,β-unsaturated/α-hetero) is 1. The lowest BCUT2D eigenvalue weighted by Gasteiger charge is -2.42. The van der Waals surface area contributed by atoms with Gasteiger partial charge in [0.05, 0.1) is 6.61 Å². The summed E-state index contributed by atoms with van der Waals surface area (Å²) in [6, 6.07) is 0. The van der Waals surface area contributed by atoms with Gasteiger partial charge in [0.1, 0.15) is 30.5 Å². The highest BCUT2D eigenvalue weighted by atomic mass is 16.7. The molecule has 7 nitrogen and oxygen atoms in total. The van der Waals surface area contributed by atoms with Gasteiger partial charge in [-0.1, -0.05) is 19.9 Å². The average molecular weight is 330 g/mol. The molecule has 1 heterocycles. The lowest BCUT2D eigenvalue weighted by molar-refractivity contribution is -0.312. The van der Waals surface area contributed by atoms with Crippen molar-refractivity contribution in [3.8, 4) is 0 Å². The maximum atomic E-state index is 12.4. The summed E-state index contributed by atoms with van der Waals surface area (Å²) in [6.45, 7) is 5.14. The van der Waals surface area contributed by atoms with Gasteiger partial charge in [-0.2, -0.15) is 0 Å². The normalized spacial score (nSPS) is 42.0.